The molecule has 2 nitrogen and oxygen atoms in total. The van der Waals surface area contributed by atoms with Gasteiger partial charge in [0.2, 0.25) is 0 Å². The van der Waals surface area contributed by atoms with Crippen LogP contribution in [0.2, 0.25) is 0 Å². The maximum Gasteiger partial charge on any atom is 0.0527 e. The van der Waals surface area contributed by atoms with Crippen LogP contribution in [0.25, 0.3) is 22.3 Å². The predicted molar refractivity (Wildman–Crippen MR) is 123 cm³/mol. The summed E-state index contributed by atoms with van der Waals surface area (Å²) in [5, 5.41) is 7.79. The first-order chi connectivity index (χ1) is 14.9. The van der Waals surface area contributed by atoms with Crippen molar-refractivity contribution in [3.63, 3.8) is 0 Å². The lowest BCUT2D eigenvalue weighted by atomic mass is 9.86. The fourth-order valence-electron chi connectivity index (χ4n) is 5.16. The van der Waals surface area contributed by atoms with Crippen LogP contribution in [-0.4, -0.2) is 0 Å². The number of fused-ring (bicyclic) bond motifs is 6. The normalized spacial score (nSPS) is 19.5. The Morgan fingerprint density at radius 3 is 1.27 bits per heavy atom. The van der Waals surface area contributed by atoms with E-state index in [-0.39, 0.29) is 12.1 Å². The molecule has 2 N–H and O–H groups in total. The standard InChI is InChI=1S/C28H24N2/c1-3-11-21-19(9-1)17-29-27(25-15-7-5-13-23(21)25)28-26-16-8-6-14-24(26)22-12-4-2-10-20(22)18-30-28/h1-16,27-30H,17-18H2/t27-,28-/m1/s1. The number of rotatable bonds is 1. The van der Waals surface area contributed by atoms with Gasteiger partial charge in [-0.05, 0) is 44.5 Å². The maximum absolute atomic E-state index is 3.90. The molecule has 0 aromatic heterocycles. The van der Waals surface area contributed by atoms with Crippen LogP contribution in [0.4, 0.5) is 0 Å². The van der Waals surface area contributed by atoms with E-state index in [0.717, 1.165) is 13.1 Å². The van der Waals surface area contributed by atoms with Gasteiger partial charge in [0.05, 0.1) is 12.1 Å². The van der Waals surface area contributed by atoms with Crippen molar-refractivity contribution in [2.24, 2.45) is 0 Å². The Bertz CT molecular complexity index is 1130. The fraction of sp³-hybridized carbons (Fsp3) is 0.143. The molecule has 0 spiro atoms. The molecule has 4 aromatic carbocycles. The fourth-order valence-corrected chi connectivity index (χ4v) is 5.16. The second-order valence-corrected chi connectivity index (χ2v) is 8.21. The molecule has 4 aromatic rings. The minimum Gasteiger partial charge on any atom is -0.304 e. The van der Waals surface area contributed by atoms with Crippen LogP contribution in [0.15, 0.2) is 97.1 Å². The Kier molecular flexibility index (Phi) is 4.26. The summed E-state index contributed by atoms with van der Waals surface area (Å²) in [5.74, 6) is 0. The molecule has 0 aliphatic carbocycles. The summed E-state index contributed by atoms with van der Waals surface area (Å²) in [5.41, 5.74) is 10.8. The van der Waals surface area contributed by atoms with Gasteiger partial charge in [0.25, 0.3) is 0 Å². The summed E-state index contributed by atoms with van der Waals surface area (Å²) in [6.45, 7) is 1.73. The van der Waals surface area contributed by atoms with Gasteiger partial charge in [0, 0.05) is 13.1 Å². The molecule has 2 aliphatic heterocycles. The highest BCUT2D eigenvalue weighted by Gasteiger charge is 2.32. The van der Waals surface area contributed by atoms with E-state index >= 15 is 0 Å². The van der Waals surface area contributed by atoms with Crippen molar-refractivity contribution in [3.8, 4) is 22.3 Å². The van der Waals surface area contributed by atoms with Gasteiger partial charge in [0.1, 0.15) is 0 Å². The topological polar surface area (TPSA) is 24.1 Å². The highest BCUT2D eigenvalue weighted by molar-refractivity contribution is 5.75. The number of hydrogen-bond donors (Lipinski definition) is 2. The zero-order valence-electron chi connectivity index (χ0n) is 16.8. The molecule has 0 saturated carbocycles. The molecule has 30 heavy (non-hydrogen) atoms. The van der Waals surface area contributed by atoms with E-state index in [1.807, 2.05) is 0 Å². The molecule has 146 valence electrons. The summed E-state index contributed by atoms with van der Waals surface area (Å²) in [6, 6.07) is 35.7. The lowest BCUT2D eigenvalue weighted by Gasteiger charge is -2.30. The van der Waals surface area contributed by atoms with Crippen LogP contribution in [0.1, 0.15) is 34.3 Å². The molecule has 6 rings (SSSR count). The van der Waals surface area contributed by atoms with Gasteiger partial charge < -0.3 is 10.6 Å². The second-order valence-electron chi connectivity index (χ2n) is 8.21. The second kappa shape index (κ2) is 7.24. The van der Waals surface area contributed by atoms with Crippen LogP contribution in [-0.2, 0) is 13.1 Å². The lowest BCUT2D eigenvalue weighted by molar-refractivity contribution is 0.387. The summed E-state index contributed by atoms with van der Waals surface area (Å²) in [6.07, 6.45) is 0. The van der Waals surface area contributed by atoms with Crippen molar-refractivity contribution in [1.29, 1.82) is 0 Å². The van der Waals surface area contributed by atoms with E-state index in [1.165, 1.54) is 44.5 Å². The van der Waals surface area contributed by atoms with E-state index in [2.05, 4.69) is 108 Å². The zero-order chi connectivity index (χ0) is 19.9. The van der Waals surface area contributed by atoms with Gasteiger partial charge >= 0.3 is 0 Å². The van der Waals surface area contributed by atoms with Crippen molar-refractivity contribution in [2.75, 3.05) is 0 Å². The van der Waals surface area contributed by atoms with Gasteiger partial charge in [-0.2, -0.15) is 0 Å². The number of benzene rings is 4. The molecule has 2 heteroatoms. The van der Waals surface area contributed by atoms with Crippen molar-refractivity contribution >= 4 is 0 Å². The molecule has 2 atom stereocenters. The van der Waals surface area contributed by atoms with E-state index < -0.39 is 0 Å². The third-order valence-electron chi connectivity index (χ3n) is 6.56. The van der Waals surface area contributed by atoms with Crippen molar-refractivity contribution in [1.82, 2.24) is 10.6 Å². The smallest absolute Gasteiger partial charge is 0.0527 e. The van der Waals surface area contributed by atoms with Gasteiger partial charge in [-0.3, -0.25) is 0 Å². The maximum atomic E-state index is 3.90. The molecule has 2 heterocycles. The third kappa shape index (κ3) is 2.80. The first-order valence-electron chi connectivity index (χ1n) is 10.7. The van der Waals surface area contributed by atoms with Gasteiger partial charge in [0.15, 0.2) is 0 Å². The third-order valence-corrected chi connectivity index (χ3v) is 6.56. The SMILES string of the molecule is c1ccc2c(c1)CN[C@@H]([C@@H]1NCc3ccccc3-c3ccccc31)c1ccccc1-2. The van der Waals surface area contributed by atoms with Gasteiger partial charge in [-0.1, -0.05) is 97.1 Å². The average molecular weight is 389 g/mol. The van der Waals surface area contributed by atoms with Crippen LogP contribution >= 0.6 is 0 Å². The van der Waals surface area contributed by atoms with Crippen LogP contribution < -0.4 is 10.6 Å². The monoisotopic (exact) mass is 388 g/mol. The molecule has 0 radical (unpaired) electrons. The molecule has 0 unspecified atom stereocenters. The minimum absolute atomic E-state index is 0.184. The van der Waals surface area contributed by atoms with E-state index in [1.54, 1.807) is 0 Å². The van der Waals surface area contributed by atoms with Crippen molar-refractivity contribution in [2.45, 2.75) is 25.2 Å². The highest BCUT2D eigenvalue weighted by atomic mass is 15.0. The highest BCUT2D eigenvalue weighted by Crippen LogP contribution is 2.43. The molecule has 0 saturated heterocycles. The molecular weight excluding hydrogens is 364 g/mol. The Morgan fingerprint density at radius 2 is 0.800 bits per heavy atom. The quantitative estimate of drug-likeness (QED) is 0.417. The minimum atomic E-state index is 0.184. The molecule has 0 fully saturated rings. The Hall–Kier alpha value is -3.20. The van der Waals surface area contributed by atoms with Crippen LogP contribution in [0.5, 0.6) is 0 Å². The van der Waals surface area contributed by atoms with Gasteiger partial charge in [-0.25, -0.2) is 0 Å². The Labute approximate surface area is 177 Å². The summed E-state index contributed by atoms with van der Waals surface area (Å²) < 4.78 is 0. The average Bonchev–Trinajstić information content (AvgIpc) is 3.08. The lowest BCUT2D eigenvalue weighted by Crippen LogP contribution is -2.34. The molecule has 0 amide bonds. The van der Waals surface area contributed by atoms with E-state index in [9.17, 15) is 0 Å². The predicted octanol–water partition coefficient (Wildman–Crippen LogP) is 6.01. The number of hydrogen-bond acceptors (Lipinski definition) is 2. The Morgan fingerprint density at radius 1 is 0.433 bits per heavy atom. The van der Waals surface area contributed by atoms with E-state index in [0.29, 0.717) is 0 Å². The molecule has 0 bridgehead atoms. The van der Waals surface area contributed by atoms with Crippen LogP contribution in [0, 0.1) is 0 Å². The number of nitrogens with one attached hydrogen (secondary N) is 2. The summed E-state index contributed by atoms with van der Waals surface area (Å²) in [4.78, 5) is 0. The largest absolute Gasteiger partial charge is 0.304 e. The first-order valence-corrected chi connectivity index (χ1v) is 10.7. The van der Waals surface area contributed by atoms with Crippen molar-refractivity contribution < 1.29 is 0 Å². The Balaban J connectivity index is 1.52. The summed E-state index contributed by atoms with van der Waals surface area (Å²) in [7, 11) is 0. The molecule has 2 aliphatic rings. The van der Waals surface area contributed by atoms with Crippen LogP contribution in [0.3, 0.4) is 0 Å². The summed E-state index contributed by atoms with van der Waals surface area (Å²) >= 11 is 0. The first kappa shape index (κ1) is 17.6. The molecular formula is C28H24N2. The van der Waals surface area contributed by atoms with Gasteiger partial charge in [-0.15, -0.1) is 0 Å². The zero-order valence-corrected chi connectivity index (χ0v) is 16.8. The van der Waals surface area contributed by atoms with E-state index in [4.69, 9.17) is 0 Å². The van der Waals surface area contributed by atoms with Crippen molar-refractivity contribution in [3.05, 3.63) is 119 Å².